The van der Waals surface area contributed by atoms with Gasteiger partial charge in [-0.3, -0.25) is 5.10 Å². The van der Waals surface area contributed by atoms with Gasteiger partial charge in [0.25, 0.3) is 0 Å². The summed E-state index contributed by atoms with van der Waals surface area (Å²) in [5.74, 6) is 2.04. The lowest BCUT2D eigenvalue weighted by Crippen LogP contribution is -2.57. The number of anilines is 3. The van der Waals surface area contributed by atoms with Gasteiger partial charge in [0.15, 0.2) is 17.5 Å². The third-order valence-electron chi connectivity index (χ3n) is 6.37. The smallest absolute Gasteiger partial charge is 0.318 e. The van der Waals surface area contributed by atoms with Crippen LogP contribution < -0.4 is 15.5 Å². The summed E-state index contributed by atoms with van der Waals surface area (Å²) >= 11 is 0. The van der Waals surface area contributed by atoms with E-state index in [1.165, 1.54) is 10.9 Å². The fraction of sp³-hybridized carbons (Fsp3) is 0.360. The first kappa shape index (κ1) is 25.1. The minimum absolute atomic E-state index is 0.0549. The van der Waals surface area contributed by atoms with Crippen LogP contribution in [0.5, 0.6) is 0 Å². The number of amides is 2. The molecule has 2 atom stereocenters. The van der Waals surface area contributed by atoms with Crippen molar-refractivity contribution in [2.24, 2.45) is 0 Å². The van der Waals surface area contributed by atoms with E-state index in [2.05, 4.69) is 45.8 Å². The minimum Gasteiger partial charge on any atom is -0.337 e. The van der Waals surface area contributed by atoms with E-state index in [-0.39, 0.29) is 18.1 Å². The van der Waals surface area contributed by atoms with E-state index < -0.39 is 5.82 Å². The molecule has 5 heterocycles. The van der Waals surface area contributed by atoms with Crippen LogP contribution in [0.4, 0.5) is 26.8 Å². The maximum Gasteiger partial charge on any atom is 0.318 e. The van der Waals surface area contributed by atoms with E-state index in [4.69, 9.17) is 0 Å². The van der Waals surface area contributed by atoms with Crippen molar-refractivity contribution in [2.45, 2.75) is 39.8 Å². The number of piperazine rings is 1. The number of aromatic amines is 1. The maximum atomic E-state index is 13.2. The second kappa shape index (κ2) is 10.4. The normalized spacial score (nSPS) is 16.4. The number of H-pyrrole nitrogens is 1. The van der Waals surface area contributed by atoms with Gasteiger partial charge in [0.05, 0.1) is 18.4 Å². The molecule has 12 nitrogen and oxygen atoms in total. The number of aryl methyl sites for hydroxylation is 2. The second-order valence-corrected chi connectivity index (χ2v) is 9.47. The lowest BCUT2D eigenvalue weighted by Gasteiger charge is -2.40. The molecule has 1 aliphatic heterocycles. The van der Waals surface area contributed by atoms with Crippen LogP contribution in [0.25, 0.3) is 5.82 Å². The van der Waals surface area contributed by atoms with Crippen LogP contribution in [-0.4, -0.2) is 71.5 Å². The Labute approximate surface area is 219 Å². The summed E-state index contributed by atoms with van der Waals surface area (Å²) in [7, 11) is 0. The highest BCUT2D eigenvalue weighted by molar-refractivity contribution is 5.75. The highest BCUT2D eigenvalue weighted by atomic mass is 19.1. The number of rotatable bonds is 6. The summed E-state index contributed by atoms with van der Waals surface area (Å²) in [6.07, 6.45) is 4.04. The second-order valence-electron chi connectivity index (χ2n) is 9.47. The van der Waals surface area contributed by atoms with Gasteiger partial charge in [0.2, 0.25) is 5.95 Å². The average Bonchev–Trinajstić information content (AvgIpc) is 3.51. The number of pyridine rings is 1. The number of halogens is 1. The standard InChI is InChI=1S/C25H30FN11O/c1-15-9-21(31-22-10-16(2)33-34-22)32-24(29-15)35-7-8-36(17(3)13-35)25(38)30-18(4)19-5-6-23(27-11-19)37-14-20(26)12-28-37/h5-6,9-12,14,17-18H,7-8,13H2,1-4H3,(H,30,38)(H2,29,31,32,33,34)/t17-,18-/m0/s1. The quantitative estimate of drug-likeness (QED) is 0.354. The Morgan fingerprint density at radius 2 is 2.00 bits per heavy atom. The van der Waals surface area contributed by atoms with Gasteiger partial charge in [-0.05, 0) is 39.3 Å². The van der Waals surface area contributed by atoms with Crippen molar-refractivity contribution in [3.8, 4) is 5.82 Å². The van der Waals surface area contributed by atoms with Gasteiger partial charge in [-0.15, -0.1) is 0 Å². The molecule has 1 aliphatic rings. The third kappa shape index (κ3) is 5.56. The van der Waals surface area contributed by atoms with E-state index in [0.717, 1.165) is 23.1 Å². The summed E-state index contributed by atoms with van der Waals surface area (Å²) in [4.78, 5) is 30.7. The Morgan fingerprint density at radius 1 is 1.16 bits per heavy atom. The minimum atomic E-state index is -0.430. The van der Waals surface area contributed by atoms with Gasteiger partial charge in [-0.1, -0.05) is 6.07 Å². The maximum absolute atomic E-state index is 13.2. The number of nitrogens with zero attached hydrogens (tertiary/aromatic N) is 8. The van der Waals surface area contributed by atoms with Gasteiger partial charge in [-0.25, -0.2) is 23.8 Å². The summed E-state index contributed by atoms with van der Waals surface area (Å²) in [5, 5.41) is 17.3. The van der Waals surface area contributed by atoms with Gasteiger partial charge in [-0.2, -0.15) is 15.2 Å². The topological polar surface area (TPSA) is 133 Å². The number of hydrogen-bond donors (Lipinski definition) is 3. The molecular weight excluding hydrogens is 489 g/mol. The van der Waals surface area contributed by atoms with E-state index in [0.29, 0.717) is 43.0 Å². The Balaban J connectivity index is 1.19. The Kier molecular flexibility index (Phi) is 6.90. The average molecular weight is 520 g/mol. The molecule has 4 aromatic heterocycles. The highest BCUT2D eigenvalue weighted by Gasteiger charge is 2.29. The number of carbonyl (C=O) groups excluding carboxylic acids is 1. The van der Waals surface area contributed by atoms with Crippen LogP contribution in [0, 0.1) is 19.7 Å². The molecule has 0 unspecified atom stereocenters. The molecule has 1 fully saturated rings. The van der Waals surface area contributed by atoms with E-state index in [1.807, 2.05) is 50.8 Å². The molecular formula is C25H30FN11O. The lowest BCUT2D eigenvalue weighted by molar-refractivity contribution is 0.168. The zero-order chi connectivity index (χ0) is 26.8. The van der Waals surface area contributed by atoms with Crippen LogP contribution in [0.2, 0.25) is 0 Å². The molecule has 0 saturated carbocycles. The van der Waals surface area contributed by atoms with Crippen molar-refractivity contribution in [2.75, 3.05) is 29.9 Å². The number of hydrogen-bond acceptors (Lipinski definition) is 8. The fourth-order valence-electron chi connectivity index (χ4n) is 4.38. The van der Waals surface area contributed by atoms with Crippen LogP contribution in [-0.2, 0) is 0 Å². The first-order valence-electron chi connectivity index (χ1n) is 12.4. The Bertz CT molecular complexity index is 1420. The molecule has 5 rings (SSSR count). The lowest BCUT2D eigenvalue weighted by atomic mass is 10.1. The van der Waals surface area contributed by atoms with Crippen LogP contribution in [0.3, 0.4) is 0 Å². The first-order chi connectivity index (χ1) is 18.2. The molecule has 13 heteroatoms. The van der Waals surface area contributed by atoms with E-state index >= 15 is 0 Å². The van der Waals surface area contributed by atoms with E-state index in [9.17, 15) is 9.18 Å². The van der Waals surface area contributed by atoms with Gasteiger partial charge < -0.3 is 20.4 Å². The van der Waals surface area contributed by atoms with Crippen molar-refractivity contribution >= 4 is 23.6 Å². The zero-order valence-corrected chi connectivity index (χ0v) is 21.7. The molecule has 0 bridgehead atoms. The predicted octanol–water partition coefficient (Wildman–Crippen LogP) is 3.26. The largest absolute Gasteiger partial charge is 0.337 e. The van der Waals surface area contributed by atoms with Crippen molar-refractivity contribution in [3.63, 3.8) is 0 Å². The number of carbonyl (C=O) groups is 1. The Morgan fingerprint density at radius 3 is 2.66 bits per heavy atom. The summed E-state index contributed by atoms with van der Waals surface area (Å²) < 4.78 is 14.6. The van der Waals surface area contributed by atoms with Crippen molar-refractivity contribution in [1.82, 2.24) is 45.1 Å². The monoisotopic (exact) mass is 519 g/mol. The van der Waals surface area contributed by atoms with Crippen molar-refractivity contribution in [3.05, 3.63) is 65.6 Å². The van der Waals surface area contributed by atoms with E-state index in [1.54, 1.807) is 12.3 Å². The fourth-order valence-corrected chi connectivity index (χ4v) is 4.38. The zero-order valence-electron chi connectivity index (χ0n) is 21.7. The van der Waals surface area contributed by atoms with Crippen LogP contribution in [0.15, 0.2) is 42.9 Å². The number of urea groups is 1. The molecule has 0 aliphatic carbocycles. The molecule has 4 aromatic rings. The summed E-state index contributed by atoms with van der Waals surface area (Å²) in [6, 6.07) is 6.90. The van der Waals surface area contributed by atoms with Gasteiger partial charge in [0.1, 0.15) is 5.82 Å². The predicted molar refractivity (Wildman–Crippen MR) is 140 cm³/mol. The molecule has 2 amide bonds. The van der Waals surface area contributed by atoms with Crippen LogP contribution >= 0.6 is 0 Å². The first-order valence-corrected chi connectivity index (χ1v) is 12.4. The highest BCUT2D eigenvalue weighted by Crippen LogP contribution is 2.21. The molecule has 38 heavy (non-hydrogen) atoms. The third-order valence-corrected chi connectivity index (χ3v) is 6.37. The molecule has 0 radical (unpaired) electrons. The Hall–Kier alpha value is -4.55. The van der Waals surface area contributed by atoms with Crippen LogP contribution in [0.1, 0.15) is 36.8 Å². The van der Waals surface area contributed by atoms with Crippen molar-refractivity contribution in [1.29, 1.82) is 0 Å². The molecule has 198 valence electrons. The molecule has 0 aromatic carbocycles. The van der Waals surface area contributed by atoms with Gasteiger partial charge in [0, 0.05) is 55.4 Å². The van der Waals surface area contributed by atoms with Crippen molar-refractivity contribution < 1.29 is 9.18 Å². The molecule has 3 N–H and O–H groups in total. The number of nitrogens with one attached hydrogen (secondary N) is 3. The summed E-state index contributed by atoms with van der Waals surface area (Å²) in [5.41, 5.74) is 2.63. The van der Waals surface area contributed by atoms with Gasteiger partial charge >= 0.3 is 6.03 Å². The SMILES string of the molecule is Cc1cc(Nc2cc(C)[nH]n2)nc(N2CCN(C(=O)N[C@@H](C)c3ccc(-n4cc(F)cn4)nc3)[C@@H](C)C2)n1. The summed E-state index contributed by atoms with van der Waals surface area (Å²) in [6.45, 7) is 9.51. The molecule has 0 spiro atoms. The number of aromatic nitrogens is 7. The molecule has 1 saturated heterocycles.